The van der Waals surface area contributed by atoms with Gasteiger partial charge in [0, 0.05) is 18.9 Å². The van der Waals surface area contributed by atoms with Gasteiger partial charge in [0.05, 0.1) is 11.7 Å². The van der Waals surface area contributed by atoms with E-state index < -0.39 is 11.7 Å². The van der Waals surface area contributed by atoms with Gasteiger partial charge in [-0.2, -0.15) is 13.2 Å². The van der Waals surface area contributed by atoms with Crippen molar-refractivity contribution in [1.82, 2.24) is 4.98 Å². The average Bonchev–Trinajstić information content (AvgIpc) is 3.16. The lowest BCUT2D eigenvalue weighted by Gasteiger charge is -2.16. The molecule has 3 rings (SSSR count). The van der Waals surface area contributed by atoms with Crippen molar-refractivity contribution < 1.29 is 27.4 Å². The lowest BCUT2D eigenvalue weighted by molar-refractivity contribution is -0.137. The maximum atomic E-state index is 12.8. The molecule has 0 amide bonds. The van der Waals surface area contributed by atoms with Crippen molar-refractivity contribution >= 4 is 11.6 Å². The molecule has 2 aromatic rings. The Morgan fingerprint density at radius 1 is 1.29 bits per heavy atom. The molecule has 0 radical (unpaired) electrons. The Balaban J connectivity index is 1.79. The SMILES string of the molecule is CCCc1ccc(OCC2CCCO2)cc1Oc1ncc(C(F)(F)F)cc1Cl. The molecule has 1 aliphatic heterocycles. The molecule has 0 N–H and O–H groups in total. The molecular formula is C20H21ClF3NO3. The molecular weight excluding hydrogens is 395 g/mol. The number of nitrogens with zero attached hydrogens (tertiary/aromatic N) is 1. The Kier molecular flexibility index (Phi) is 6.67. The monoisotopic (exact) mass is 415 g/mol. The quantitative estimate of drug-likeness (QED) is 0.551. The molecule has 0 bridgehead atoms. The molecule has 0 aliphatic carbocycles. The van der Waals surface area contributed by atoms with Gasteiger partial charge in [-0.25, -0.2) is 4.98 Å². The van der Waals surface area contributed by atoms with Crippen LogP contribution >= 0.6 is 11.6 Å². The highest BCUT2D eigenvalue weighted by molar-refractivity contribution is 6.31. The van der Waals surface area contributed by atoms with Gasteiger partial charge in [-0.05, 0) is 37.0 Å². The van der Waals surface area contributed by atoms with E-state index >= 15 is 0 Å². The van der Waals surface area contributed by atoms with Crippen LogP contribution < -0.4 is 9.47 Å². The molecule has 8 heteroatoms. The van der Waals surface area contributed by atoms with Crippen LogP contribution in [0.2, 0.25) is 5.02 Å². The number of benzene rings is 1. The van der Waals surface area contributed by atoms with Gasteiger partial charge >= 0.3 is 6.18 Å². The first-order chi connectivity index (χ1) is 13.4. The highest BCUT2D eigenvalue weighted by Crippen LogP contribution is 2.36. The van der Waals surface area contributed by atoms with Gasteiger partial charge in [0.2, 0.25) is 5.88 Å². The fourth-order valence-corrected chi connectivity index (χ4v) is 3.13. The van der Waals surface area contributed by atoms with Crippen LogP contribution in [0, 0.1) is 0 Å². The maximum Gasteiger partial charge on any atom is 0.417 e. The Morgan fingerprint density at radius 3 is 2.75 bits per heavy atom. The molecule has 1 aliphatic rings. The number of ether oxygens (including phenoxy) is 3. The summed E-state index contributed by atoms with van der Waals surface area (Å²) in [5, 5.41) is -0.206. The minimum Gasteiger partial charge on any atom is -0.491 e. The van der Waals surface area contributed by atoms with E-state index in [9.17, 15) is 13.2 Å². The van der Waals surface area contributed by atoms with Gasteiger partial charge < -0.3 is 14.2 Å². The maximum absolute atomic E-state index is 12.8. The lowest BCUT2D eigenvalue weighted by atomic mass is 10.1. The van der Waals surface area contributed by atoms with Crippen molar-refractivity contribution in [3.8, 4) is 17.4 Å². The number of alkyl halides is 3. The summed E-state index contributed by atoms with van der Waals surface area (Å²) in [6, 6.07) is 6.23. The second kappa shape index (κ2) is 9.01. The molecule has 1 fully saturated rings. The minimum atomic E-state index is -4.52. The predicted molar refractivity (Wildman–Crippen MR) is 99.2 cm³/mol. The zero-order chi connectivity index (χ0) is 20.1. The van der Waals surface area contributed by atoms with Crippen LogP contribution in [0.15, 0.2) is 30.5 Å². The van der Waals surface area contributed by atoms with E-state index in [4.69, 9.17) is 25.8 Å². The zero-order valence-electron chi connectivity index (χ0n) is 15.4. The molecule has 1 atom stereocenters. The van der Waals surface area contributed by atoms with Crippen molar-refractivity contribution in [3.63, 3.8) is 0 Å². The molecule has 4 nitrogen and oxygen atoms in total. The van der Waals surface area contributed by atoms with Gasteiger partial charge in [0.25, 0.3) is 0 Å². The number of halogens is 4. The van der Waals surface area contributed by atoms with E-state index in [1.165, 1.54) is 0 Å². The fourth-order valence-electron chi connectivity index (χ4n) is 2.92. The zero-order valence-corrected chi connectivity index (χ0v) is 16.1. The van der Waals surface area contributed by atoms with E-state index in [1.807, 2.05) is 19.1 Å². The molecule has 1 aromatic heterocycles. The highest BCUT2D eigenvalue weighted by Gasteiger charge is 2.32. The Bertz CT molecular complexity index is 808. The Hall–Kier alpha value is -1.99. The van der Waals surface area contributed by atoms with Crippen LogP contribution in [-0.4, -0.2) is 24.3 Å². The molecule has 0 saturated carbocycles. The Labute approximate surface area is 166 Å². The molecule has 1 aromatic carbocycles. The molecule has 2 heterocycles. The smallest absolute Gasteiger partial charge is 0.417 e. The molecule has 1 unspecified atom stereocenters. The molecule has 28 heavy (non-hydrogen) atoms. The van der Waals surface area contributed by atoms with Gasteiger partial charge in [0.15, 0.2) is 0 Å². The van der Waals surface area contributed by atoms with Crippen LogP contribution in [-0.2, 0) is 17.3 Å². The van der Waals surface area contributed by atoms with E-state index in [1.54, 1.807) is 6.07 Å². The number of hydrogen-bond acceptors (Lipinski definition) is 4. The third-order valence-electron chi connectivity index (χ3n) is 4.36. The van der Waals surface area contributed by atoms with Crippen LogP contribution in [0.1, 0.15) is 37.3 Å². The van der Waals surface area contributed by atoms with Gasteiger partial charge in [-0.3, -0.25) is 0 Å². The second-order valence-corrected chi connectivity index (χ2v) is 6.98. The predicted octanol–water partition coefficient (Wildman–Crippen LogP) is 6.06. The molecule has 152 valence electrons. The van der Waals surface area contributed by atoms with E-state index in [-0.39, 0.29) is 17.0 Å². The highest BCUT2D eigenvalue weighted by atomic mass is 35.5. The second-order valence-electron chi connectivity index (χ2n) is 6.58. The summed E-state index contributed by atoms with van der Waals surface area (Å²) in [7, 11) is 0. The minimum absolute atomic E-state index is 0.0747. The van der Waals surface area contributed by atoms with Gasteiger partial charge in [-0.1, -0.05) is 31.0 Å². The lowest BCUT2D eigenvalue weighted by Crippen LogP contribution is -2.16. The van der Waals surface area contributed by atoms with Crippen LogP contribution in [0.4, 0.5) is 13.2 Å². The number of aromatic nitrogens is 1. The average molecular weight is 416 g/mol. The number of aryl methyl sites for hydroxylation is 1. The summed E-state index contributed by atoms with van der Waals surface area (Å²) in [5.74, 6) is 0.970. The topological polar surface area (TPSA) is 40.6 Å². The van der Waals surface area contributed by atoms with Gasteiger partial charge in [0.1, 0.15) is 23.1 Å². The first kappa shape index (κ1) is 20.7. The summed E-state index contributed by atoms with van der Waals surface area (Å²) < 4.78 is 55.5. The third-order valence-corrected chi connectivity index (χ3v) is 4.63. The van der Waals surface area contributed by atoms with Crippen molar-refractivity contribution in [1.29, 1.82) is 0 Å². The van der Waals surface area contributed by atoms with E-state index in [2.05, 4.69) is 4.98 Å². The largest absolute Gasteiger partial charge is 0.491 e. The number of hydrogen-bond donors (Lipinski definition) is 0. The number of rotatable bonds is 7. The molecule has 0 spiro atoms. The third kappa shape index (κ3) is 5.29. The normalized spacial score (nSPS) is 17.0. The van der Waals surface area contributed by atoms with E-state index in [0.717, 1.165) is 43.9 Å². The van der Waals surface area contributed by atoms with E-state index in [0.29, 0.717) is 24.3 Å². The standard InChI is InChI=1S/C20H21ClF3NO3/c1-2-4-13-6-7-15(27-12-16-5-3-8-26-16)10-18(13)28-19-17(21)9-14(11-25-19)20(22,23)24/h6-7,9-11,16H,2-5,8,12H2,1H3. The summed E-state index contributed by atoms with van der Waals surface area (Å²) in [4.78, 5) is 3.74. The van der Waals surface area contributed by atoms with Crippen LogP contribution in [0.25, 0.3) is 0 Å². The summed E-state index contributed by atoms with van der Waals surface area (Å²) in [5.41, 5.74) is -0.0305. The van der Waals surface area contributed by atoms with Gasteiger partial charge in [-0.15, -0.1) is 0 Å². The van der Waals surface area contributed by atoms with Crippen molar-refractivity contribution in [2.45, 2.75) is 44.9 Å². The fraction of sp³-hybridized carbons (Fsp3) is 0.450. The summed E-state index contributed by atoms with van der Waals surface area (Å²) in [6.45, 7) is 3.21. The first-order valence-electron chi connectivity index (χ1n) is 9.14. The van der Waals surface area contributed by atoms with Crippen molar-refractivity contribution in [3.05, 3.63) is 46.6 Å². The summed E-state index contributed by atoms with van der Waals surface area (Å²) in [6.07, 6.45) is -0.138. The summed E-state index contributed by atoms with van der Waals surface area (Å²) >= 11 is 5.97. The molecule has 1 saturated heterocycles. The van der Waals surface area contributed by atoms with Crippen LogP contribution in [0.5, 0.6) is 17.4 Å². The van der Waals surface area contributed by atoms with Crippen molar-refractivity contribution in [2.24, 2.45) is 0 Å². The van der Waals surface area contributed by atoms with Crippen molar-refractivity contribution in [2.75, 3.05) is 13.2 Å². The number of pyridine rings is 1. The first-order valence-corrected chi connectivity index (χ1v) is 9.52. The Morgan fingerprint density at radius 2 is 2.11 bits per heavy atom. The van der Waals surface area contributed by atoms with Crippen LogP contribution in [0.3, 0.4) is 0 Å².